The SMILES string of the molecule is Nc1nc(NCCOc2ccccc2)ncc1Cc1ccc(F)c(Cl)c1. The van der Waals surface area contributed by atoms with Crippen molar-refractivity contribution in [3.63, 3.8) is 0 Å². The molecule has 26 heavy (non-hydrogen) atoms. The molecule has 5 nitrogen and oxygen atoms in total. The average Bonchev–Trinajstić information content (AvgIpc) is 2.65. The fraction of sp³-hybridized carbons (Fsp3) is 0.158. The Morgan fingerprint density at radius 1 is 1.15 bits per heavy atom. The molecule has 0 atom stereocenters. The number of rotatable bonds is 7. The minimum absolute atomic E-state index is 0.0821. The minimum Gasteiger partial charge on any atom is -0.492 e. The third kappa shape index (κ3) is 4.83. The Labute approximate surface area is 156 Å². The molecule has 0 bridgehead atoms. The van der Waals surface area contributed by atoms with Gasteiger partial charge in [-0.05, 0) is 29.8 Å². The Balaban J connectivity index is 1.54. The van der Waals surface area contributed by atoms with Crippen LogP contribution in [-0.4, -0.2) is 23.1 Å². The predicted octanol–water partition coefficient (Wildman–Crippen LogP) is 3.93. The Morgan fingerprint density at radius 2 is 1.96 bits per heavy atom. The summed E-state index contributed by atoms with van der Waals surface area (Å²) in [5.74, 6) is 1.16. The molecule has 0 saturated heterocycles. The van der Waals surface area contributed by atoms with E-state index in [4.69, 9.17) is 22.1 Å². The lowest BCUT2D eigenvalue weighted by Crippen LogP contribution is -2.14. The van der Waals surface area contributed by atoms with Crippen molar-refractivity contribution in [2.45, 2.75) is 6.42 Å². The second-order valence-electron chi connectivity index (χ2n) is 5.62. The molecule has 0 spiro atoms. The molecular weight excluding hydrogens is 355 g/mol. The summed E-state index contributed by atoms with van der Waals surface area (Å²) in [6.45, 7) is 1.02. The quantitative estimate of drug-likeness (QED) is 0.615. The maximum absolute atomic E-state index is 13.2. The van der Waals surface area contributed by atoms with Gasteiger partial charge in [-0.25, -0.2) is 9.37 Å². The minimum atomic E-state index is -0.447. The van der Waals surface area contributed by atoms with E-state index in [0.717, 1.165) is 16.9 Å². The Morgan fingerprint density at radius 3 is 2.69 bits per heavy atom. The van der Waals surface area contributed by atoms with E-state index in [0.29, 0.717) is 31.3 Å². The number of hydrogen-bond donors (Lipinski definition) is 2. The number of nitrogen functional groups attached to an aromatic ring is 1. The number of anilines is 2. The van der Waals surface area contributed by atoms with Gasteiger partial charge in [-0.1, -0.05) is 35.9 Å². The molecule has 2 aromatic carbocycles. The first kappa shape index (κ1) is 17.9. The molecule has 0 aliphatic carbocycles. The standard InChI is InChI=1S/C19H18ClFN4O/c20-16-11-13(6-7-17(16)21)10-14-12-24-19(25-18(14)22)23-8-9-26-15-4-2-1-3-5-15/h1-7,11-12H,8-10H2,(H3,22,23,24,25). The molecule has 0 saturated carbocycles. The number of nitrogens with two attached hydrogens (primary N) is 1. The Bertz CT molecular complexity index is 877. The van der Waals surface area contributed by atoms with Crippen molar-refractivity contribution >= 4 is 23.4 Å². The number of hydrogen-bond acceptors (Lipinski definition) is 5. The van der Waals surface area contributed by atoms with Crippen LogP contribution in [0.2, 0.25) is 5.02 Å². The van der Waals surface area contributed by atoms with Gasteiger partial charge in [0.2, 0.25) is 5.95 Å². The maximum Gasteiger partial charge on any atom is 0.224 e. The van der Waals surface area contributed by atoms with Gasteiger partial charge in [-0.2, -0.15) is 4.98 Å². The summed E-state index contributed by atoms with van der Waals surface area (Å²) in [5, 5.41) is 3.15. The first-order chi connectivity index (χ1) is 12.6. The molecule has 0 amide bonds. The first-order valence-electron chi connectivity index (χ1n) is 8.09. The third-order valence-electron chi connectivity index (χ3n) is 3.67. The van der Waals surface area contributed by atoms with E-state index in [1.165, 1.54) is 6.07 Å². The summed E-state index contributed by atoms with van der Waals surface area (Å²) in [5.41, 5.74) is 7.59. The van der Waals surface area contributed by atoms with Crippen molar-refractivity contribution in [3.05, 3.63) is 76.7 Å². The fourth-order valence-corrected chi connectivity index (χ4v) is 2.56. The summed E-state index contributed by atoms with van der Waals surface area (Å²) >= 11 is 5.80. The Hall–Kier alpha value is -2.86. The average molecular weight is 373 g/mol. The van der Waals surface area contributed by atoms with Gasteiger partial charge in [0, 0.05) is 18.2 Å². The highest BCUT2D eigenvalue weighted by Crippen LogP contribution is 2.20. The summed E-state index contributed by atoms with van der Waals surface area (Å²) in [6.07, 6.45) is 2.13. The van der Waals surface area contributed by atoms with Crippen LogP contribution >= 0.6 is 11.6 Å². The van der Waals surface area contributed by atoms with Gasteiger partial charge >= 0.3 is 0 Å². The van der Waals surface area contributed by atoms with Crippen LogP contribution in [0.1, 0.15) is 11.1 Å². The number of nitrogens with one attached hydrogen (secondary N) is 1. The topological polar surface area (TPSA) is 73.1 Å². The first-order valence-corrected chi connectivity index (χ1v) is 8.46. The molecule has 3 N–H and O–H groups in total. The highest BCUT2D eigenvalue weighted by Gasteiger charge is 2.07. The third-order valence-corrected chi connectivity index (χ3v) is 3.96. The van der Waals surface area contributed by atoms with E-state index in [2.05, 4.69) is 15.3 Å². The van der Waals surface area contributed by atoms with Gasteiger partial charge in [-0.15, -0.1) is 0 Å². The van der Waals surface area contributed by atoms with Crippen molar-refractivity contribution < 1.29 is 9.13 Å². The van der Waals surface area contributed by atoms with E-state index in [1.807, 2.05) is 30.3 Å². The lowest BCUT2D eigenvalue weighted by molar-refractivity contribution is 0.332. The number of para-hydroxylation sites is 1. The molecule has 1 aromatic heterocycles. The molecule has 0 fully saturated rings. The highest BCUT2D eigenvalue weighted by atomic mass is 35.5. The summed E-state index contributed by atoms with van der Waals surface area (Å²) < 4.78 is 18.8. The van der Waals surface area contributed by atoms with Crippen LogP contribution in [0.25, 0.3) is 0 Å². The smallest absolute Gasteiger partial charge is 0.224 e. The van der Waals surface area contributed by atoms with E-state index >= 15 is 0 Å². The van der Waals surface area contributed by atoms with Gasteiger partial charge in [0.1, 0.15) is 24.0 Å². The van der Waals surface area contributed by atoms with Crippen LogP contribution in [0.3, 0.4) is 0 Å². The van der Waals surface area contributed by atoms with Gasteiger partial charge in [-0.3, -0.25) is 0 Å². The second-order valence-corrected chi connectivity index (χ2v) is 6.02. The summed E-state index contributed by atoms with van der Waals surface area (Å²) in [6, 6.07) is 14.1. The molecule has 0 aliphatic heterocycles. The number of nitrogens with zero attached hydrogens (tertiary/aromatic N) is 2. The number of halogens is 2. The van der Waals surface area contributed by atoms with Crippen molar-refractivity contribution in [2.75, 3.05) is 24.2 Å². The van der Waals surface area contributed by atoms with Crippen LogP contribution in [0.5, 0.6) is 5.75 Å². The van der Waals surface area contributed by atoms with Gasteiger partial charge in [0.25, 0.3) is 0 Å². The van der Waals surface area contributed by atoms with Crippen LogP contribution in [-0.2, 0) is 6.42 Å². The van der Waals surface area contributed by atoms with Gasteiger partial charge < -0.3 is 15.8 Å². The van der Waals surface area contributed by atoms with Crippen LogP contribution < -0.4 is 15.8 Å². The van der Waals surface area contributed by atoms with E-state index in [-0.39, 0.29) is 5.02 Å². The molecule has 1 heterocycles. The molecule has 0 aliphatic rings. The zero-order valence-electron chi connectivity index (χ0n) is 14.0. The molecule has 3 rings (SSSR count). The normalized spacial score (nSPS) is 10.5. The monoisotopic (exact) mass is 372 g/mol. The molecule has 0 radical (unpaired) electrons. The van der Waals surface area contributed by atoms with Crippen molar-refractivity contribution in [2.24, 2.45) is 0 Å². The van der Waals surface area contributed by atoms with Crippen molar-refractivity contribution in [1.82, 2.24) is 9.97 Å². The van der Waals surface area contributed by atoms with Crippen LogP contribution in [0.4, 0.5) is 16.2 Å². The largest absolute Gasteiger partial charge is 0.492 e. The van der Waals surface area contributed by atoms with E-state index in [1.54, 1.807) is 18.3 Å². The fourth-order valence-electron chi connectivity index (χ4n) is 2.36. The maximum atomic E-state index is 13.2. The van der Waals surface area contributed by atoms with Gasteiger partial charge in [0.15, 0.2) is 0 Å². The number of benzene rings is 2. The lowest BCUT2D eigenvalue weighted by atomic mass is 10.1. The molecular formula is C19H18ClFN4O. The second kappa shape index (κ2) is 8.49. The van der Waals surface area contributed by atoms with Crippen LogP contribution in [0.15, 0.2) is 54.7 Å². The molecule has 3 aromatic rings. The molecule has 134 valence electrons. The van der Waals surface area contributed by atoms with Crippen molar-refractivity contribution in [1.29, 1.82) is 0 Å². The zero-order valence-corrected chi connectivity index (χ0v) is 14.7. The van der Waals surface area contributed by atoms with E-state index in [9.17, 15) is 4.39 Å². The summed E-state index contributed by atoms with van der Waals surface area (Å²) in [7, 11) is 0. The Kier molecular flexibility index (Phi) is 5.86. The number of aromatic nitrogens is 2. The van der Waals surface area contributed by atoms with Crippen molar-refractivity contribution in [3.8, 4) is 5.75 Å². The lowest BCUT2D eigenvalue weighted by Gasteiger charge is -2.10. The molecule has 0 unspecified atom stereocenters. The predicted molar refractivity (Wildman–Crippen MR) is 101 cm³/mol. The van der Waals surface area contributed by atoms with E-state index < -0.39 is 5.82 Å². The van der Waals surface area contributed by atoms with Gasteiger partial charge in [0.05, 0.1) is 11.6 Å². The van der Waals surface area contributed by atoms with Crippen LogP contribution in [0, 0.1) is 5.82 Å². The zero-order chi connectivity index (χ0) is 18.4. The summed E-state index contributed by atoms with van der Waals surface area (Å²) in [4.78, 5) is 8.50. The number of ether oxygens (including phenoxy) is 1. The highest BCUT2D eigenvalue weighted by molar-refractivity contribution is 6.30. The molecule has 7 heteroatoms.